The van der Waals surface area contributed by atoms with Crippen LogP contribution in [0.5, 0.6) is 0 Å². The normalized spacial score (nSPS) is 12.7. The van der Waals surface area contributed by atoms with Crippen LogP contribution < -0.4 is 0 Å². The molecule has 2 heteroatoms. The highest BCUT2D eigenvalue weighted by Gasteiger charge is 1.96. The molecular formula is C17H34O2. The predicted octanol–water partition coefficient (Wildman–Crippen LogP) is 5.94. The fourth-order valence-electron chi connectivity index (χ4n) is 1.94. The molecule has 0 saturated heterocycles. The molecule has 1 N–H and O–H groups in total. The van der Waals surface area contributed by atoms with Gasteiger partial charge in [0, 0.05) is 6.42 Å². The first-order chi connectivity index (χ1) is 9.27. The molecule has 1 aliphatic carbocycles. The number of hydrogen-bond donors (Lipinski definition) is 1. The van der Waals surface area contributed by atoms with Gasteiger partial charge in [0.15, 0.2) is 0 Å². The Balaban J connectivity index is 0.000000934. The topological polar surface area (TPSA) is 37.3 Å². The van der Waals surface area contributed by atoms with Crippen LogP contribution in [0.15, 0.2) is 0 Å². The summed E-state index contributed by atoms with van der Waals surface area (Å²) in [7, 11) is 0. The van der Waals surface area contributed by atoms with Crippen LogP contribution in [0.2, 0.25) is 0 Å². The van der Waals surface area contributed by atoms with Crippen LogP contribution in [0.4, 0.5) is 0 Å². The number of aliphatic carboxylic acids is 1. The first-order valence-electron chi connectivity index (χ1n) is 8.49. The molecule has 1 saturated carbocycles. The van der Waals surface area contributed by atoms with E-state index in [-0.39, 0.29) is 0 Å². The van der Waals surface area contributed by atoms with Crippen LogP contribution in [-0.4, -0.2) is 11.1 Å². The second-order valence-corrected chi connectivity index (χ2v) is 5.74. The quantitative estimate of drug-likeness (QED) is 0.445. The molecule has 0 aliphatic heterocycles. The van der Waals surface area contributed by atoms with Crippen LogP contribution >= 0.6 is 0 Å². The van der Waals surface area contributed by atoms with E-state index in [1.54, 1.807) is 0 Å². The zero-order valence-corrected chi connectivity index (χ0v) is 13.0. The highest BCUT2D eigenvalue weighted by Crippen LogP contribution is 2.15. The van der Waals surface area contributed by atoms with Gasteiger partial charge in [0.2, 0.25) is 0 Å². The molecule has 1 fully saturated rings. The van der Waals surface area contributed by atoms with Gasteiger partial charge in [-0.05, 0) is 6.42 Å². The summed E-state index contributed by atoms with van der Waals surface area (Å²) in [5, 5.41) is 8.46. The Kier molecular flexibility index (Phi) is 15.1. The summed E-state index contributed by atoms with van der Waals surface area (Å²) in [6, 6.07) is 0. The maximum atomic E-state index is 10.3. The molecule has 0 amide bonds. The zero-order valence-electron chi connectivity index (χ0n) is 13.0. The van der Waals surface area contributed by atoms with E-state index in [0.29, 0.717) is 6.42 Å². The third-order valence-electron chi connectivity index (χ3n) is 3.35. The summed E-state index contributed by atoms with van der Waals surface area (Å²) in [5.74, 6) is -0.657. The highest BCUT2D eigenvalue weighted by atomic mass is 16.4. The van der Waals surface area contributed by atoms with Gasteiger partial charge in [-0.15, -0.1) is 0 Å². The summed E-state index contributed by atoms with van der Waals surface area (Å²) in [4.78, 5) is 10.3. The third-order valence-corrected chi connectivity index (χ3v) is 3.35. The summed E-state index contributed by atoms with van der Waals surface area (Å²) < 4.78 is 0. The van der Waals surface area contributed by atoms with Crippen molar-refractivity contribution in [2.24, 2.45) is 0 Å². The van der Waals surface area contributed by atoms with Gasteiger partial charge in [-0.1, -0.05) is 90.4 Å². The lowest BCUT2D eigenvalue weighted by Gasteiger charge is -2.01. The second kappa shape index (κ2) is 15.5. The molecule has 0 bridgehead atoms. The maximum absolute atomic E-state index is 10.3. The number of rotatable bonds is 12. The van der Waals surface area contributed by atoms with E-state index in [9.17, 15) is 4.79 Å². The van der Waals surface area contributed by atoms with E-state index in [2.05, 4.69) is 6.92 Å². The van der Waals surface area contributed by atoms with Gasteiger partial charge >= 0.3 is 5.97 Å². The van der Waals surface area contributed by atoms with Crippen molar-refractivity contribution >= 4 is 5.97 Å². The van der Waals surface area contributed by atoms with Crippen molar-refractivity contribution in [2.75, 3.05) is 0 Å². The van der Waals surface area contributed by atoms with E-state index in [0.717, 1.165) is 12.8 Å². The first kappa shape index (κ1) is 18.5. The molecule has 1 aliphatic rings. The average Bonchev–Trinajstić information content (AvgIpc) is 3.23. The Morgan fingerprint density at radius 3 is 1.42 bits per heavy atom. The van der Waals surface area contributed by atoms with E-state index in [1.165, 1.54) is 77.0 Å². The molecule has 114 valence electrons. The minimum atomic E-state index is -0.657. The lowest BCUT2D eigenvalue weighted by atomic mass is 10.1. The van der Waals surface area contributed by atoms with Crippen molar-refractivity contribution in [3.8, 4) is 0 Å². The molecule has 0 heterocycles. The highest BCUT2D eigenvalue weighted by molar-refractivity contribution is 5.66. The summed E-state index contributed by atoms with van der Waals surface area (Å²) in [6.45, 7) is 2.25. The fourth-order valence-corrected chi connectivity index (χ4v) is 1.94. The number of unbranched alkanes of at least 4 members (excludes halogenated alkanes) is 10. The van der Waals surface area contributed by atoms with Gasteiger partial charge in [-0.2, -0.15) is 0 Å². The largest absolute Gasteiger partial charge is 0.481 e. The van der Waals surface area contributed by atoms with Gasteiger partial charge in [-0.3, -0.25) is 4.79 Å². The van der Waals surface area contributed by atoms with Crippen molar-refractivity contribution in [1.82, 2.24) is 0 Å². The Morgan fingerprint density at radius 1 is 0.737 bits per heavy atom. The maximum Gasteiger partial charge on any atom is 0.303 e. The Hall–Kier alpha value is -0.530. The molecule has 0 aromatic carbocycles. The van der Waals surface area contributed by atoms with Gasteiger partial charge in [-0.25, -0.2) is 0 Å². The van der Waals surface area contributed by atoms with Crippen LogP contribution in [0, 0.1) is 0 Å². The molecule has 0 aromatic rings. The van der Waals surface area contributed by atoms with Crippen LogP contribution in [0.1, 0.15) is 103 Å². The smallest absolute Gasteiger partial charge is 0.303 e. The lowest BCUT2D eigenvalue weighted by Crippen LogP contribution is -1.93. The molecule has 0 spiro atoms. The Bertz CT molecular complexity index is 185. The van der Waals surface area contributed by atoms with Gasteiger partial charge < -0.3 is 5.11 Å². The van der Waals surface area contributed by atoms with Crippen molar-refractivity contribution in [1.29, 1.82) is 0 Å². The van der Waals surface area contributed by atoms with Crippen molar-refractivity contribution in [3.63, 3.8) is 0 Å². The van der Waals surface area contributed by atoms with E-state index in [1.807, 2.05) is 0 Å². The summed E-state index contributed by atoms with van der Waals surface area (Å²) in [5.41, 5.74) is 0. The average molecular weight is 270 g/mol. The molecule has 1 rings (SSSR count). The minimum Gasteiger partial charge on any atom is -0.481 e. The van der Waals surface area contributed by atoms with Gasteiger partial charge in [0.05, 0.1) is 0 Å². The van der Waals surface area contributed by atoms with E-state index >= 15 is 0 Å². The van der Waals surface area contributed by atoms with E-state index < -0.39 is 5.97 Å². The van der Waals surface area contributed by atoms with E-state index in [4.69, 9.17) is 5.11 Å². The third kappa shape index (κ3) is 23.0. The minimum absolute atomic E-state index is 0.344. The number of carboxylic acid groups (broad SMARTS) is 1. The van der Waals surface area contributed by atoms with Crippen molar-refractivity contribution < 1.29 is 9.90 Å². The van der Waals surface area contributed by atoms with Gasteiger partial charge in [0.1, 0.15) is 0 Å². The molecule has 0 atom stereocenters. The van der Waals surface area contributed by atoms with Crippen molar-refractivity contribution in [3.05, 3.63) is 0 Å². The van der Waals surface area contributed by atoms with Gasteiger partial charge in [0.25, 0.3) is 0 Å². The van der Waals surface area contributed by atoms with Crippen molar-refractivity contribution in [2.45, 2.75) is 103 Å². The Labute approximate surface area is 120 Å². The SMILES string of the molecule is C1CC1.CCCCCCCCCCCCCC(=O)O. The fraction of sp³-hybridized carbons (Fsp3) is 0.941. The van der Waals surface area contributed by atoms with Crippen LogP contribution in [0.3, 0.4) is 0 Å². The summed E-state index contributed by atoms with van der Waals surface area (Å²) >= 11 is 0. The predicted molar refractivity (Wildman–Crippen MR) is 82.6 cm³/mol. The second-order valence-electron chi connectivity index (χ2n) is 5.74. The molecule has 19 heavy (non-hydrogen) atoms. The molecule has 0 radical (unpaired) electrons. The monoisotopic (exact) mass is 270 g/mol. The molecule has 0 unspecified atom stereocenters. The molecule has 0 aromatic heterocycles. The Morgan fingerprint density at radius 2 is 1.11 bits per heavy atom. The van der Waals surface area contributed by atoms with Crippen LogP contribution in [-0.2, 0) is 4.79 Å². The zero-order chi connectivity index (χ0) is 14.2. The number of carbonyl (C=O) groups is 1. The number of hydrogen-bond acceptors (Lipinski definition) is 1. The molecule has 2 nitrogen and oxygen atoms in total. The lowest BCUT2D eigenvalue weighted by molar-refractivity contribution is -0.137. The number of carboxylic acids is 1. The standard InChI is InChI=1S/C14H28O2.C3H6/c1-2-3-4-5-6-7-8-9-10-11-12-13-14(15)16;1-2-3-1/h2-13H2,1H3,(H,15,16);1-3H2. The first-order valence-corrected chi connectivity index (χ1v) is 8.49. The molecular weight excluding hydrogens is 236 g/mol. The summed E-state index contributed by atoms with van der Waals surface area (Å²) in [6.07, 6.45) is 18.9. The van der Waals surface area contributed by atoms with Crippen LogP contribution in [0.25, 0.3) is 0 Å².